The number of fused-ring (bicyclic) bond motifs is 1. The van der Waals surface area contributed by atoms with Crippen LogP contribution in [0.25, 0.3) is 10.9 Å². The minimum absolute atomic E-state index is 0.352. The minimum Gasteiger partial charge on any atom is -0.361 e. The Labute approximate surface area is 126 Å². The summed E-state index contributed by atoms with van der Waals surface area (Å²) in [6.07, 6.45) is 3.10. The molecule has 1 aromatic heterocycles. The average molecular weight is 278 g/mol. The van der Waals surface area contributed by atoms with Gasteiger partial charge in [-0.2, -0.15) is 0 Å². The number of aryl methyl sites for hydroxylation is 1. The van der Waals surface area contributed by atoms with E-state index in [4.69, 9.17) is 0 Å². The van der Waals surface area contributed by atoms with E-state index < -0.39 is 0 Å². The molecule has 0 bridgehead atoms. The van der Waals surface area contributed by atoms with E-state index in [9.17, 15) is 0 Å². The smallest absolute Gasteiger partial charge is 0.0457 e. The highest BCUT2D eigenvalue weighted by molar-refractivity contribution is 5.82. The summed E-state index contributed by atoms with van der Waals surface area (Å²) in [5, 5.41) is 4.92. The zero-order chi connectivity index (χ0) is 14.7. The van der Waals surface area contributed by atoms with E-state index in [1.165, 1.54) is 27.6 Å². The average Bonchev–Trinajstić information content (AvgIpc) is 3.02. The monoisotopic (exact) mass is 278 g/mol. The summed E-state index contributed by atoms with van der Waals surface area (Å²) in [4.78, 5) is 3.26. The predicted molar refractivity (Wildman–Crippen MR) is 89.4 cm³/mol. The molecule has 0 saturated carbocycles. The molecule has 0 aliphatic rings. The second kappa shape index (κ2) is 6.15. The van der Waals surface area contributed by atoms with Gasteiger partial charge in [0.2, 0.25) is 0 Å². The summed E-state index contributed by atoms with van der Waals surface area (Å²) in [6.45, 7) is 5.29. The lowest BCUT2D eigenvalue weighted by Crippen LogP contribution is -2.18. The normalized spacial score (nSPS) is 12.7. The van der Waals surface area contributed by atoms with Crippen molar-refractivity contribution in [2.24, 2.45) is 0 Å². The molecule has 0 amide bonds. The lowest BCUT2D eigenvalue weighted by atomic mass is 10.0. The Morgan fingerprint density at radius 3 is 2.62 bits per heavy atom. The summed E-state index contributed by atoms with van der Waals surface area (Å²) >= 11 is 0. The maximum atomic E-state index is 3.62. The molecule has 0 saturated heterocycles. The Morgan fingerprint density at radius 2 is 1.86 bits per heavy atom. The molecule has 3 rings (SSSR count). The Kier molecular flexibility index (Phi) is 4.07. The molecule has 2 N–H and O–H groups in total. The van der Waals surface area contributed by atoms with Gasteiger partial charge >= 0.3 is 0 Å². The molecule has 2 heteroatoms. The first-order valence-electron chi connectivity index (χ1n) is 7.65. The fourth-order valence-corrected chi connectivity index (χ4v) is 2.73. The number of hydrogen-bond donors (Lipinski definition) is 2. The first kappa shape index (κ1) is 13.9. The van der Waals surface area contributed by atoms with Gasteiger partial charge in [-0.15, -0.1) is 0 Å². The first-order valence-corrected chi connectivity index (χ1v) is 7.65. The Bertz CT molecular complexity index is 710. The quantitative estimate of drug-likeness (QED) is 0.702. The van der Waals surface area contributed by atoms with E-state index in [2.05, 4.69) is 72.7 Å². The van der Waals surface area contributed by atoms with E-state index in [1.807, 2.05) is 6.20 Å². The van der Waals surface area contributed by atoms with Gasteiger partial charge in [-0.05, 0) is 42.2 Å². The molecule has 21 heavy (non-hydrogen) atoms. The summed E-state index contributed by atoms with van der Waals surface area (Å²) < 4.78 is 0. The molecule has 0 radical (unpaired) electrons. The lowest BCUT2D eigenvalue weighted by Gasteiger charge is -2.15. The van der Waals surface area contributed by atoms with Crippen LogP contribution in [0.3, 0.4) is 0 Å². The number of aromatic amines is 1. The highest BCUT2D eigenvalue weighted by Gasteiger charge is 2.06. The molecule has 1 atom stereocenters. The molecule has 2 aromatic carbocycles. The van der Waals surface area contributed by atoms with Crippen LogP contribution in [0.5, 0.6) is 0 Å². The molecule has 1 heterocycles. The van der Waals surface area contributed by atoms with Gasteiger partial charge in [0.1, 0.15) is 0 Å². The van der Waals surface area contributed by atoms with Crippen LogP contribution in [0.2, 0.25) is 0 Å². The Morgan fingerprint density at radius 1 is 1.05 bits per heavy atom. The topological polar surface area (TPSA) is 27.8 Å². The second-order valence-corrected chi connectivity index (χ2v) is 5.55. The highest BCUT2D eigenvalue weighted by Crippen LogP contribution is 2.19. The maximum Gasteiger partial charge on any atom is 0.0457 e. The van der Waals surface area contributed by atoms with Crippen molar-refractivity contribution in [1.82, 2.24) is 10.3 Å². The van der Waals surface area contributed by atoms with Crippen molar-refractivity contribution in [3.05, 3.63) is 71.4 Å². The third-order valence-electron chi connectivity index (χ3n) is 4.17. The van der Waals surface area contributed by atoms with E-state index in [1.54, 1.807) is 0 Å². The van der Waals surface area contributed by atoms with Crippen LogP contribution in [0.15, 0.2) is 54.7 Å². The van der Waals surface area contributed by atoms with Crippen molar-refractivity contribution in [1.29, 1.82) is 0 Å². The van der Waals surface area contributed by atoms with Gasteiger partial charge in [0.05, 0.1) is 0 Å². The number of hydrogen-bond acceptors (Lipinski definition) is 1. The minimum atomic E-state index is 0.352. The molecule has 0 fully saturated rings. The third kappa shape index (κ3) is 3.01. The molecular weight excluding hydrogens is 256 g/mol. The van der Waals surface area contributed by atoms with E-state index >= 15 is 0 Å². The van der Waals surface area contributed by atoms with Gasteiger partial charge in [-0.3, -0.25) is 0 Å². The maximum absolute atomic E-state index is 3.62. The standard InChI is InChI=1S/C19H22N2/c1-3-15-7-9-16(10-8-15)14(2)21-13-17-5-4-6-19-18(17)11-12-20-19/h4-12,14,20-21H,3,13H2,1-2H3. The van der Waals surface area contributed by atoms with Crippen molar-refractivity contribution in [2.45, 2.75) is 32.9 Å². The van der Waals surface area contributed by atoms with Crippen molar-refractivity contribution in [3.8, 4) is 0 Å². The SMILES string of the molecule is CCc1ccc(C(C)NCc2cccc3[nH]ccc23)cc1. The van der Waals surface area contributed by atoms with E-state index in [0.717, 1.165) is 13.0 Å². The molecule has 0 spiro atoms. The summed E-state index contributed by atoms with van der Waals surface area (Å²) in [6, 6.07) is 17.8. The van der Waals surface area contributed by atoms with Gasteiger partial charge < -0.3 is 10.3 Å². The zero-order valence-corrected chi connectivity index (χ0v) is 12.7. The van der Waals surface area contributed by atoms with Gasteiger partial charge in [0.25, 0.3) is 0 Å². The molecule has 1 unspecified atom stereocenters. The lowest BCUT2D eigenvalue weighted by molar-refractivity contribution is 0.576. The third-order valence-corrected chi connectivity index (χ3v) is 4.17. The zero-order valence-electron chi connectivity index (χ0n) is 12.7. The molecule has 3 aromatic rings. The van der Waals surface area contributed by atoms with Gasteiger partial charge in [-0.25, -0.2) is 0 Å². The number of benzene rings is 2. The number of aromatic nitrogens is 1. The van der Waals surface area contributed by atoms with Crippen LogP contribution in [0.1, 0.15) is 36.6 Å². The second-order valence-electron chi connectivity index (χ2n) is 5.55. The van der Waals surface area contributed by atoms with Crippen molar-refractivity contribution >= 4 is 10.9 Å². The number of H-pyrrole nitrogens is 1. The fraction of sp³-hybridized carbons (Fsp3) is 0.263. The van der Waals surface area contributed by atoms with E-state index in [0.29, 0.717) is 6.04 Å². The Balaban J connectivity index is 1.70. The molecule has 108 valence electrons. The van der Waals surface area contributed by atoms with Crippen LogP contribution < -0.4 is 5.32 Å². The van der Waals surface area contributed by atoms with Crippen LogP contribution >= 0.6 is 0 Å². The van der Waals surface area contributed by atoms with Gasteiger partial charge in [0.15, 0.2) is 0 Å². The van der Waals surface area contributed by atoms with Crippen molar-refractivity contribution < 1.29 is 0 Å². The molecule has 0 aliphatic heterocycles. The van der Waals surface area contributed by atoms with Crippen LogP contribution in [0.4, 0.5) is 0 Å². The van der Waals surface area contributed by atoms with E-state index in [-0.39, 0.29) is 0 Å². The number of rotatable bonds is 5. The summed E-state index contributed by atoms with van der Waals surface area (Å²) in [5.74, 6) is 0. The van der Waals surface area contributed by atoms with Gasteiger partial charge in [-0.1, -0.05) is 43.3 Å². The van der Waals surface area contributed by atoms with Crippen molar-refractivity contribution in [2.75, 3.05) is 0 Å². The molecular formula is C19H22N2. The fourth-order valence-electron chi connectivity index (χ4n) is 2.73. The summed E-state index contributed by atoms with van der Waals surface area (Å²) in [7, 11) is 0. The summed E-state index contributed by atoms with van der Waals surface area (Å²) in [5.41, 5.74) is 5.27. The van der Waals surface area contributed by atoms with Gasteiger partial charge in [0, 0.05) is 29.7 Å². The van der Waals surface area contributed by atoms with Crippen LogP contribution in [0, 0.1) is 0 Å². The van der Waals surface area contributed by atoms with Crippen molar-refractivity contribution in [3.63, 3.8) is 0 Å². The first-order chi connectivity index (χ1) is 10.3. The predicted octanol–water partition coefficient (Wildman–Crippen LogP) is 4.58. The van der Waals surface area contributed by atoms with Crippen LogP contribution in [-0.4, -0.2) is 4.98 Å². The Hall–Kier alpha value is -2.06. The van der Waals surface area contributed by atoms with Crippen LogP contribution in [-0.2, 0) is 13.0 Å². The molecule has 0 aliphatic carbocycles. The largest absolute Gasteiger partial charge is 0.361 e. The highest BCUT2D eigenvalue weighted by atomic mass is 14.9. The molecule has 2 nitrogen and oxygen atoms in total. The number of nitrogens with one attached hydrogen (secondary N) is 2.